The lowest BCUT2D eigenvalue weighted by Crippen LogP contribution is -2.21. The van der Waals surface area contributed by atoms with E-state index in [-0.39, 0.29) is 6.07 Å². The van der Waals surface area contributed by atoms with Crippen LogP contribution in [0.5, 0.6) is 5.75 Å². The average molecular weight is 339 g/mol. The first-order chi connectivity index (χ1) is 9.33. The zero-order valence-corrected chi connectivity index (χ0v) is 10.0. The van der Waals surface area contributed by atoms with Gasteiger partial charge in [-0.05, 0) is 11.6 Å². The number of nitrogens with zero attached hydrogens (tertiary/aromatic N) is 2. The van der Waals surface area contributed by atoms with Gasteiger partial charge in [0.2, 0.25) is 11.4 Å². The van der Waals surface area contributed by atoms with Crippen molar-refractivity contribution in [2.45, 2.75) is 12.5 Å². The van der Waals surface area contributed by atoms with E-state index in [4.69, 9.17) is 11.6 Å². The molecule has 0 amide bonds. The molecule has 1 rings (SSSR count). The van der Waals surface area contributed by atoms with Crippen LogP contribution in [0.15, 0.2) is 6.07 Å². The highest BCUT2D eigenvalue weighted by Gasteiger charge is 2.46. The zero-order valence-electron chi connectivity index (χ0n) is 9.25. The van der Waals surface area contributed by atoms with Crippen molar-refractivity contribution in [2.24, 2.45) is 0 Å². The molecule has 0 saturated carbocycles. The van der Waals surface area contributed by atoms with Gasteiger partial charge >= 0.3 is 18.2 Å². The highest BCUT2D eigenvalue weighted by Crippen LogP contribution is 2.42. The Morgan fingerprint density at radius 1 is 1.29 bits per heavy atom. The van der Waals surface area contributed by atoms with Gasteiger partial charge in [0.25, 0.3) is 5.24 Å². The summed E-state index contributed by atoms with van der Waals surface area (Å²) < 4.78 is 77.2. The van der Waals surface area contributed by atoms with E-state index in [1.165, 1.54) is 0 Å². The van der Waals surface area contributed by atoms with Gasteiger partial charge in [-0.1, -0.05) is 0 Å². The molecule has 0 aliphatic heterocycles. The molecule has 0 saturated heterocycles. The molecule has 21 heavy (non-hydrogen) atoms. The summed E-state index contributed by atoms with van der Waals surface area (Å²) in [4.78, 5) is 22.1. The van der Waals surface area contributed by atoms with Crippen LogP contribution in [0, 0.1) is 10.1 Å². The number of nitro groups is 1. The maximum atomic E-state index is 12.6. The van der Waals surface area contributed by atoms with E-state index in [2.05, 4.69) is 9.72 Å². The molecule has 6 nitrogen and oxygen atoms in total. The average Bonchev–Trinajstić information content (AvgIpc) is 2.23. The summed E-state index contributed by atoms with van der Waals surface area (Å²) in [5.74, 6) is -1.85. The minimum absolute atomic E-state index is 0.00377. The molecule has 0 N–H and O–H groups in total. The Morgan fingerprint density at radius 2 is 1.81 bits per heavy atom. The number of hydrogen-bond acceptors (Lipinski definition) is 5. The van der Waals surface area contributed by atoms with Crippen molar-refractivity contribution in [2.75, 3.05) is 0 Å². The van der Waals surface area contributed by atoms with Gasteiger partial charge in [-0.15, -0.1) is 13.2 Å². The van der Waals surface area contributed by atoms with Gasteiger partial charge < -0.3 is 4.74 Å². The zero-order chi connectivity index (χ0) is 16.6. The smallest absolute Gasteiger partial charge is 0.398 e. The third kappa shape index (κ3) is 4.18. The minimum atomic E-state index is -5.53. The molecule has 0 fully saturated rings. The molecule has 0 radical (unpaired) electrons. The van der Waals surface area contributed by atoms with E-state index >= 15 is 0 Å². The Morgan fingerprint density at radius 3 is 2.14 bits per heavy atom. The predicted molar refractivity (Wildman–Crippen MR) is 52.8 cm³/mol. The van der Waals surface area contributed by atoms with Crippen LogP contribution in [0.3, 0.4) is 0 Å². The monoisotopic (exact) mass is 338 g/mol. The molecule has 0 bridgehead atoms. The first-order valence-corrected chi connectivity index (χ1v) is 4.93. The number of alkyl halides is 6. The predicted octanol–water partition coefficient (Wildman–Crippen LogP) is 3.29. The number of hydrogen-bond donors (Lipinski definition) is 0. The number of carbonyl (C=O) groups excluding carboxylic acids is 1. The van der Waals surface area contributed by atoms with Gasteiger partial charge in [-0.3, -0.25) is 14.9 Å². The second-order valence-electron chi connectivity index (χ2n) is 3.28. The fourth-order valence-corrected chi connectivity index (χ4v) is 1.29. The second-order valence-corrected chi connectivity index (χ2v) is 3.62. The molecule has 0 unspecified atom stereocenters. The third-order valence-electron chi connectivity index (χ3n) is 1.84. The van der Waals surface area contributed by atoms with Crippen molar-refractivity contribution in [3.05, 3.63) is 27.6 Å². The Hall–Kier alpha value is -2.11. The second kappa shape index (κ2) is 5.35. The van der Waals surface area contributed by atoms with Gasteiger partial charge in [0.1, 0.15) is 5.69 Å². The van der Waals surface area contributed by atoms with E-state index in [9.17, 15) is 41.3 Å². The summed E-state index contributed by atoms with van der Waals surface area (Å²) in [5, 5.41) is 8.91. The molecule has 0 aliphatic rings. The highest BCUT2D eigenvalue weighted by molar-refractivity contribution is 6.67. The topological polar surface area (TPSA) is 82.3 Å². The Kier molecular flexibility index (Phi) is 4.32. The number of rotatable bonds is 3. The summed E-state index contributed by atoms with van der Waals surface area (Å²) in [6.45, 7) is 0. The van der Waals surface area contributed by atoms with Gasteiger partial charge in [-0.25, -0.2) is 4.98 Å². The van der Waals surface area contributed by atoms with Crippen LogP contribution in [0.4, 0.5) is 32.0 Å². The summed E-state index contributed by atoms with van der Waals surface area (Å²) >= 11 is 4.82. The first-order valence-electron chi connectivity index (χ1n) is 4.55. The number of pyridine rings is 1. The van der Waals surface area contributed by atoms with E-state index in [1.54, 1.807) is 0 Å². The molecular weight excluding hydrogens is 338 g/mol. The molecule has 0 aliphatic carbocycles. The summed E-state index contributed by atoms with van der Waals surface area (Å²) in [5.41, 5.74) is -5.70. The molecule has 0 atom stereocenters. The Balaban J connectivity index is 3.70. The van der Waals surface area contributed by atoms with E-state index in [1.807, 2.05) is 0 Å². The Bertz CT molecular complexity index is 600. The Labute approximate surface area is 115 Å². The molecule has 13 heteroatoms. The third-order valence-corrected chi connectivity index (χ3v) is 2.03. The maximum absolute atomic E-state index is 12.6. The lowest BCUT2D eigenvalue weighted by molar-refractivity contribution is -0.392. The fourth-order valence-electron chi connectivity index (χ4n) is 1.19. The first kappa shape index (κ1) is 16.9. The number of carbonyl (C=O) groups is 1. The minimum Gasteiger partial charge on any atom is -0.398 e. The SMILES string of the molecule is O=C(Cl)c1cc(OC(F)(F)F)c([N+](=O)[O-])c(C(F)(F)F)n1. The molecule has 1 aromatic rings. The van der Waals surface area contributed by atoms with Gasteiger partial charge in [0, 0.05) is 6.07 Å². The summed E-state index contributed by atoms with van der Waals surface area (Å²) in [6, 6.07) is -0.00377. The van der Waals surface area contributed by atoms with Crippen molar-refractivity contribution in [3.63, 3.8) is 0 Å². The normalized spacial score (nSPS) is 12.1. The van der Waals surface area contributed by atoms with Crippen LogP contribution >= 0.6 is 11.6 Å². The van der Waals surface area contributed by atoms with Gasteiger partial charge in [-0.2, -0.15) is 13.2 Å². The largest absolute Gasteiger partial charge is 0.573 e. The van der Waals surface area contributed by atoms with E-state index in [0.29, 0.717) is 0 Å². The van der Waals surface area contributed by atoms with Crippen LogP contribution < -0.4 is 4.74 Å². The molecule has 0 spiro atoms. The van der Waals surface area contributed by atoms with Gasteiger partial charge in [0.15, 0.2) is 0 Å². The summed E-state index contributed by atoms with van der Waals surface area (Å²) in [6.07, 6.45) is -11.0. The number of aromatic nitrogens is 1. The highest BCUT2D eigenvalue weighted by atomic mass is 35.5. The van der Waals surface area contributed by atoms with Crippen LogP contribution in [0.1, 0.15) is 16.2 Å². The number of halogens is 7. The van der Waals surface area contributed by atoms with E-state index < -0.39 is 45.5 Å². The lowest BCUT2D eigenvalue weighted by Gasteiger charge is -2.13. The lowest BCUT2D eigenvalue weighted by atomic mass is 10.2. The summed E-state index contributed by atoms with van der Waals surface area (Å²) in [7, 11) is 0. The molecule has 116 valence electrons. The van der Waals surface area contributed by atoms with Crippen LogP contribution in [-0.2, 0) is 6.18 Å². The van der Waals surface area contributed by atoms with Crippen LogP contribution in [-0.4, -0.2) is 21.5 Å². The van der Waals surface area contributed by atoms with Crippen molar-refractivity contribution in [1.82, 2.24) is 4.98 Å². The standard InChI is InChI=1S/C8HClF6N2O4/c9-6(18)2-1-3(21-8(13,14)15)4(17(19)20)5(16-2)7(10,11)12/h1H. The quantitative estimate of drug-likeness (QED) is 0.365. The van der Waals surface area contributed by atoms with E-state index in [0.717, 1.165) is 0 Å². The maximum Gasteiger partial charge on any atom is 0.573 e. The van der Waals surface area contributed by atoms with Crippen molar-refractivity contribution in [1.29, 1.82) is 0 Å². The molecule has 1 heterocycles. The molecular formula is C8HClF6N2O4. The van der Waals surface area contributed by atoms with Crippen molar-refractivity contribution >= 4 is 22.5 Å². The van der Waals surface area contributed by atoms with Gasteiger partial charge in [0.05, 0.1) is 4.92 Å². The number of ether oxygens (including phenoxy) is 1. The van der Waals surface area contributed by atoms with Crippen molar-refractivity contribution < 1.29 is 40.8 Å². The molecule has 1 aromatic heterocycles. The van der Waals surface area contributed by atoms with Crippen LogP contribution in [0.25, 0.3) is 0 Å². The van der Waals surface area contributed by atoms with Crippen molar-refractivity contribution in [3.8, 4) is 5.75 Å². The fraction of sp³-hybridized carbons (Fsp3) is 0.250. The molecule has 0 aromatic carbocycles. The van der Waals surface area contributed by atoms with Crippen LogP contribution in [0.2, 0.25) is 0 Å².